The molecule has 1 aromatic carbocycles. The number of amides is 1. The summed E-state index contributed by atoms with van der Waals surface area (Å²) in [5, 5.41) is 11.3. The van der Waals surface area contributed by atoms with E-state index in [0.717, 1.165) is 0 Å². The van der Waals surface area contributed by atoms with E-state index < -0.39 is 23.1 Å². The maximum atomic E-state index is 12.1. The van der Waals surface area contributed by atoms with Crippen molar-refractivity contribution in [3.05, 3.63) is 28.3 Å². The minimum Gasteiger partial charge on any atom is -0.490 e. The lowest BCUT2D eigenvalue weighted by Gasteiger charge is -2.33. The Morgan fingerprint density at radius 3 is 2.45 bits per heavy atom. The number of hydrogen-bond acceptors (Lipinski definition) is 8. The molecule has 0 aliphatic carbocycles. The van der Waals surface area contributed by atoms with E-state index in [4.69, 9.17) is 14.2 Å². The Labute approximate surface area is 168 Å². The third kappa shape index (κ3) is 6.81. The zero-order chi connectivity index (χ0) is 21.6. The first-order valence-corrected chi connectivity index (χ1v) is 9.21. The van der Waals surface area contributed by atoms with Crippen LogP contribution in [0.2, 0.25) is 0 Å². The van der Waals surface area contributed by atoms with Crippen LogP contribution >= 0.6 is 0 Å². The van der Waals surface area contributed by atoms with Crippen molar-refractivity contribution in [2.45, 2.75) is 45.3 Å². The van der Waals surface area contributed by atoms with Gasteiger partial charge in [-0.2, -0.15) is 0 Å². The lowest BCUT2D eigenvalue weighted by atomic mass is 10.1. The largest absolute Gasteiger partial charge is 0.490 e. The third-order valence-corrected chi connectivity index (χ3v) is 4.10. The number of piperidine rings is 1. The van der Waals surface area contributed by atoms with Crippen LogP contribution in [-0.2, 0) is 14.3 Å². The minimum atomic E-state index is -0.642. The Balaban J connectivity index is 1.95. The summed E-state index contributed by atoms with van der Waals surface area (Å²) in [4.78, 5) is 35.6. The van der Waals surface area contributed by atoms with E-state index in [1.54, 1.807) is 11.0 Å². The summed E-state index contributed by atoms with van der Waals surface area (Å²) in [6.45, 7) is 5.95. The molecule has 160 valence electrons. The number of hydrogen-bond donors (Lipinski definition) is 0. The standard InChI is InChI=1S/C19H26N2O8/c1-19(2,3)29-18(23)20-9-7-13(8-10-20)28-14-5-6-16(15(11-14)21(24)25)27-12-17(22)26-4/h5-6,11,13H,7-10,12H2,1-4H3. The normalized spacial score (nSPS) is 14.8. The highest BCUT2D eigenvalue weighted by Gasteiger charge is 2.28. The number of carbonyl (C=O) groups excluding carboxylic acids is 2. The van der Waals surface area contributed by atoms with Crippen molar-refractivity contribution < 1.29 is 33.5 Å². The predicted molar refractivity (Wildman–Crippen MR) is 102 cm³/mol. The number of nitrogens with zero attached hydrogens (tertiary/aromatic N) is 2. The van der Waals surface area contributed by atoms with Crippen LogP contribution in [0.5, 0.6) is 11.5 Å². The minimum absolute atomic E-state index is 0.0486. The van der Waals surface area contributed by atoms with E-state index in [2.05, 4.69) is 4.74 Å². The van der Waals surface area contributed by atoms with Gasteiger partial charge in [-0.05, 0) is 32.9 Å². The molecule has 29 heavy (non-hydrogen) atoms. The molecule has 1 amide bonds. The van der Waals surface area contributed by atoms with Gasteiger partial charge in [0.2, 0.25) is 0 Å². The Bertz CT molecular complexity index is 751. The maximum absolute atomic E-state index is 12.1. The van der Waals surface area contributed by atoms with Crippen LogP contribution in [0.15, 0.2) is 18.2 Å². The van der Waals surface area contributed by atoms with Gasteiger partial charge in [-0.15, -0.1) is 0 Å². The summed E-state index contributed by atoms with van der Waals surface area (Å²) in [6, 6.07) is 4.18. The fraction of sp³-hybridized carbons (Fsp3) is 0.579. The van der Waals surface area contributed by atoms with Crippen molar-refractivity contribution in [2.75, 3.05) is 26.8 Å². The molecule has 1 fully saturated rings. The Morgan fingerprint density at radius 1 is 1.24 bits per heavy atom. The summed E-state index contributed by atoms with van der Waals surface area (Å²) < 4.78 is 20.8. The highest BCUT2D eigenvalue weighted by Crippen LogP contribution is 2.32. The van der Waals surface area contributed by atoms with Gasteiger partial charge >= 0.3 is 17.7 Å². The smallest absolute Gasteiger partial charge is 0.410 e. The molecule has 0 N–H and O–H groups in total. The molecule has 1 aliphatic rings. The molecule has 10 heteroatoms. The van der Waals surface area contributed by atoms with E-state index >= 15 is 0 Å². The second kappa shape index (κ2) is 9.44. The number of carbonyl (C=O) groups is 2. The molecule has 1 heterocycles. The summed E-state index contributed by atoms with van der Waals surface area (Å²) >= 11 is 0. The van der Waals surface area contributed by atoms with E-state index in [0.29, 0.717) is 31.7 Å². The first-order valence-electron chi connectivity index (χ1n) is 9.21. The summed E-state index contributed by atoms with van der Waals surface area (Å²) in [5.74, 6) is -0.373. The lowest BCUT2D eigenvalue weighted by Crippen LogP contribution is -2.44. The topological polar surface area (TPSA) is 117 Å². The quantitative estimate of drug-likeness (QED) is 0.399. The number of likely N-dealkylation sites (tertiary alicyclic amines) is 1. The molecule has 0 bridgehead atoms. The number of nitro benzene ring substituents is 1. The van der Waals surface area contributed by atoms with Crippen molar-refractivity contribution >= 4 is 17.7 Å². The third-order valence-electron chi connectivity index (χ3n) is 4.10. The average molecular weight is 410 g/mol. The van der Waals surface area contributed by atoms with Crippen LogP contribution in [-0.4, -0.2) is 60.4 Å². The van der Waals surface area contributed by atoms with Crippen molar-refractivity contribution in [1.82, 2.24) is 4.90 Å². The number of ether oxygens (including phenoxy) is 4. The molecule has 0 spiro atoms. The van der Waals surface area contributed by atoms with Crippen molar-refractivity contribution in [3.63, 3.8) is 0 Å². The van der Waals surface area contributed by atoms with Gasteiger partial charge in [-0.1, -0.05) is 0 Å². The second-order valence-corrected chi connectivity index (χ2v) is 7.54. The molecule has 1 aliphatic heterocycles. The van der Waals surface area contributed by atoms with Gasteiger partial charge in [-0.25, -0.2) is 9.59 Å². The van der Waals surface area contributed by atoms with Crippen molar-refractivity contribution in [2.24, 2.45) is 0 Å². The van der Waals surface area contributed by atoms with Crippen LogP contribution in [0.3, 0.4) is 0 Å². The van der Waals surface area contributed by atoms with Crippen LogP contribution in [0, 0.1) is 10.1 Å². The first kappa shape index (κ1) is 22.3. The van der Waals surface area contributed by atoms with E-state index in [1.807, 2.05) is 20.8 Å². The van der Waals surface area contributed by atoms with E-state index in [-0.39, 0.29) is 23.6 Å². The van der Waals surface area contributed by atoms with Crippen molar-refractivity contribution in [3.8, 4) is 11.5 Å². The zero-order valence-electron chi connectivity index (χ0n) is 17.0. The number of nitro groups is 1. The van der Waals surface area contributed by atoms with Crippen LogP contribution in [0.1, 0.15) is 33.6 Å². The molecule has 0 saturated carbocycles. The fourth-order valence-electron chi connectivity index (χ4n) is 2.71. The predicted octanol–water partition coefficient (Wildman–Crippen LogP) is 2.92. The van der Waals surface area contributed by atoms with E-state index in [9.17, 15) is 19.7 Å². The number of methoxy groups -OCH3 is 1. The van der Waals surface area contributed by atoms with Crippen LogP contribution in [0.4, 0.5) is 10.5 Å². The maximum Gasteiger partial charge on any atom is 0.410 e. The Morgan fingerprint density at radius 2 is 1.90 bits per heavy atom. The van der Waals surface area contributed by atoms with Gasteiger partial charge in [0, 0.05) is 25.9 Å². The number of rotatable bonds is 6. The first-order chi connectivity index (χ1) is 13.6. The van der Waals surface area contributed by atoms with Gasteiger partial charge in [0.25, 0.3) is 0 Å². The molecule has 0 radical (unpaired) electrons. The van der Waals surface area contributed by atoms with Gasteiger partial charge < -0.3 is 23.8 Å². The monoisotopic (exact) mass is 410 g/mol. The SMILES string of the molecule is COC(=O)COc1ccc(OC2CCN(C(=O)OC(C)(C)C)CC2)cc1[N+](=O)[O-]. The molecule has 2 rings (SSSR count). The summed E-state index contributed by atoms with van der Waals surface area (Å²) in [6.07, 6.45) is 0.607. The highest BCUT2D eigenvalue weighted by atomic mass is 16.6. The Hall–Kier alpha value is -3.04. The summed E-state index contributed by atoms with van der Waals surface area (Å²) in [7, 11) is 1.20. The highest BCUT2D eigenvalue weighted by molar-refractivity contribution is 5.71. The molecule has 1 aromatic rings. The molecule has 10 nitrogen and oxygen atoms in total. The number of esters is 1. The molecule has 0 atom stereocenters. The Kier molecular flexibility index (Phi) is 7.24. The summed E-state index contributed by atoms with van der Waals surface area (Å²) in [5.41, 5.74) is -0.862. The molecule has 1 saturated heterocycles. The lowest BCUT2D eigenvalue weighted by molar-refractivity contribution is -0.385. The molecule has 0 unspecified atom stereocenters. The van der Waals surface area contributed by atoms with Gasteiger partial charge in [-0.3, -0.25) is 10.1 Å². The second-order valence-electron chi connectivity index (χ2n) is 7.54. The fourth-order valence-corrected chi connectivity index (χ4v) is 2.71. The molecular weight excluding hydrogens is 384 g/mol. The zero-order valence-corrected chi connectivity index (χ0v) is 17.0. The molecular formula is C19H26N2O8. The van der Waals surface area contributed by atoms with Crippen LogP contribution < -0.4 is 9.47 Å². The van der Waals surface area contributed by atoms with Gasteiger partial charge in [0.15, 0.2) is 12.4 Å². The van der Waals surface area contributed by atoms with Crippen molar-refractivity contribution in [1.29, 1.82) is 0 Å². The van der Waals surface area contributed by atoms with E-state index in [1.165, 1.54) is 19.2 Å². The average Bonchev–Trinajstić information content (AvgIpc) is 2.65. The van der Waals surface area contributed by atoms with Gasteiger partial charge in [0.05, 0.1) is 18.1 Å². The number of benzene rings is 1. The van der Waals surface area contributed by atoms with Gasteiger partial charge in [0.1, 0.15) is 17.5 Å². The van der Waals surface area contributed by atoms with Crippen LogP contribution in [0.25, 0.3) is 0 Å². The molecule has 0 aromatic heterocycles.